The van der Waals surface area contributed by atoms with Gasteiger partial charge in [0.05, 0.1) is 5.56 Å². The molecular weight excluding hydrogens is 319 g/mol. The molecule has 0 unspecified atom stereocenters. The van der Waals surface area contributed by atoms with Gasteiger partial charge in [0, 0.05) is 30.4 Å². The summed E-state index contributed by atoms with van der Waals surface area (Å²) in [6, 6.07) is 4.12. The van der Waals surface area contributed by atoms with E-state index in [1.165, 1.54) is 12.1 Å². The molecule has 1 aromatic rings. The van der Waals surface area contributed by atoms with Gasteiger partial charge in [0.2, 0.25) is 0 Å². The average Bonchev–Trinajstić information content (AvgIpc) is 2.46. The van der Waals surface area contributed by atoms with Crippen LogP contribution in [0.2, 0.25) is 0 Å². The number of urea groups is 1. The molecule has 0 saturated carbocycles. The van der Waals surface area contributed by atoms with Crippen LogP contribution in [0.1, 0.15) is 39.2 Å². The number of hydrogen-bond donors (Lipinski definition) is 2. The maximum Gasteiger partial charge on any atom is 0.416 e. The summed E-state index contributed by atoms with van der Waals surface area (Å²) < 4.78 is 37.5. The van der Waals surface area contributed by atoms with E-state index in [2.05, 4.69) is 36.3 Å². The fraction of sp³-hybridized carbons (Fsp3) is 0.588. The smallest absolute Gasteiger partial charge is 0.335 e. The van der Waals surface area contributed by atoms with E-state index in [-0.39, 0.29) is 17.6 Å². The summed E-state index contributed by atoms with van der Waals surface area (Å²) >= 11 is 0. The standard InChI is InChI=1S/C17H24F3N3O/c1-16(2,3)23-10-8-14(9-11-23)22-15(24)21-13-6-4-12(5-7-13)17(18,19)20/h4-7,14H,8-11H2,1-3H3,(H2,21,22,24). The van der Waals surface area contributed by atoms with Crippen molar-refractivity contribution in [3.05, 3.63) is 29.8 Å². The molecule has 7 heteroatoms. The van der Waals surface area contributed by atoms with Gasteiger partial charge in [0.15, 0.2) is 0 Å². The Morgan fingerprint density at radius 1 is 1.08 bits per heavy atom. The summed E-state index contributed by atoms with van der Waals surface area (Å²) in [6.45, 7) is 8.32. The van der Waals surface area contributed by atoms with Crippen molar-refractivity contribution in [3.63, 3.8) is 0 Å². The minimum absolute atomic E-state index is 0.0815. The van der Waals surface area contributed by atoms with E-state index in [1.807, 2.05) is 0 Å². The van der Waals surface area contributed by atoms with Crippen LogP contribution in [0.5, 0.6) is 0 Å². The van der Waals surface area contributed by atoms with Gasteiger partial charge in [-0.3, -0.25) is 4.90 Å². The number of nitrogens with zero attached hydrogens (tertiary/aromatic N) is 1. The highest BCUT2D eigenvalue weighted by Crippen LogP contribution is 2.29. The third-order valence-electron chi connectivity index (χ3n) is 4.25. The molecule has 0 radical (unpaired) electrons. The maximum absolute atomic E-state index is 12.5. The number of nitrogens with one attached hydrogen (secondary N) is 2. The van der Waals surface area contributed by atoms with E-state index in [1.54, 1.807) is 0 Å². The highest BCUT2D eigenvalue weighted by atomic mass is 19.4. The average molecular weight is 343 g/mol. The topological polar surface area (TPSA) is 44.4 Å². The second-order valence-electron chi connectivity index (χ2n) is 7.11. The predicted octanol–water partition coefficient (Wildman–Crippen LogP) is 4.09. The van der Waals surface area contributed by atoms with Crippen LogP contribution in [0.25, 0.3) is 0 Å². The number of anilines is 1. The maximum atomic E-state index is 12.5. The van der Waals surface area contributed by atoms with Gasteiger partial charge >= 0.3 is 12.2 Å². The molecule has 1 fully saturated rings. The molecule has 134 valence electrons. The quantitative estimate of drug-likeness (QED) is 0.849. The second-order valence-corrected chi connectivity index (χ2v) is 7.11. The summed E-state index contributed by atoms with van der Waals surface area (Å²) in [6.07, 6.45) is -2.66. The molecule has 0 aromatic heterocycles. The monoisotopic (exact) mass is 343 g/mol. The SMILES string of the molecule is CC(C)(C)N1CCC(NC(=O)Nc2ccc(C(F)(F)F)cc2)CC1. The van der Waals surface area contributed by atoms with Gasteiger partial charge in [-0.1, -0.05) is 0 Å². The molecule has 1 aliphatic rings. The van der Waals surface area contributed by atoms with Crippen molar-refractivity contribution in [3.8, 4) is 0 Å². The third-order valence-corrected chi connectivity index (χ3v) is 4.25. The molecule has 4 nitrogen and oxygen atoms in total. The van der Waals surface area contributed by atoms with E-state index >= 15 is 0 Å². The zero-order valence-electron chi connectivity index (χ0n) is 14.2. The van der Waals surface area contributed by atoms with Crippen LogP contribution in [0.3, 0.4) is 0 Å². The first-order valence-corrected chi connectivity index (χ1v) is 8.05. The van der Waals surface area contributed by atoms with E-state index in [4.69, 9.17) is 0 Å². The van der Waals surface area contributed by atoms with Crippen molar-refractivity contribution in [2.75, 3.05) is 18.4 Å². The number of carbonyl (C=O) groups is 1. The molecule has 1 heterocycles. The van der Waals surface area contributed by atoms with Gasteiger partial charge in [-0.15, -0.1) is 0 Å². The van der Waals surface area contributed by atoms with Crippen LogP contribution in [-0.2, 0) is 6.18 Å². The molecule has 1 saturated heterocycles. The summed E-state index contributed by atoms with van der Waals surface area (Å²) in [5.74, 6) is 0. The van der Waals surface area contributed by atoms with Crippen molar-refractivity contribution >= 4 is 11.7 Å². The fourth-order valence-corrected chi connectivity index (χ4v) is 2.79. The Labute approximate surface area is 140 Å². The third kappa shape index (κ3) is 5.12. The van der Waals surface area contributed by atoms with Crippen LogP contribution < -0.4 is 10.6 Å². The minimum atomic E-state index is -4.37. The number of piperidine rings is 1. The highest BCUT2D eigenvalue weighted by molar-refractivity contribution is 5.89. The van der Waals surface area contributed by atoms with Gasteiger partial charge < -0.3 is 10.6 Å². The number of rotatable bonds is 2. The second kappa shape index (κ2) is 7.01. The summed E-state index contributed by atoms with van der Waals surface area (Å²) in [4.78, 5) is 14.4. The van der Waals surface area contributed by atoms with Crippen LogP contribution in [-0.4, -0.2) is 35.6 Å². The zero-order valence-corrected chi connectivity index (χ0v) is 14.2. The lowest BCUT2D eigenvalue weighted by Gasteiger charge is -2.41. The fourth-order valence-electron chi connectivity index (χ4n) is 2.79. The Hall–Kier alpha value is -1.76. The first-order chi connectivity index (χ1) is 11.1. The molecule has 0 aliphatic carbocycles. The van der Waals surface area contributed by atoms with Gasteiger partial charge in [0.25, 0.3) is 0 Å². The molecule has 24 heavy (non-hydrogen) atoms. The number of carbonyl (C=O) groups excluding carboxylic acids is 1. The summed E-state index contributed by atoms with van der Waals surface area (Å²) in [7, 11) is 0. The van der Waals surface area contributed by atoms with Crippen LogP contribution in [0.15, 0.2) is 24.3 Å². The highest BCUT2D eigenvalue weighted by Gasteiger charge is 2.30. The summed E-state index contributed by atoms with van der Waals surface area (Å²) in [5, 5.41) is 5.46. The lowest BCUT2D eigenvalue weighted by Crippen LogP contribution is -2.51. The van der Waals surface area contributed by atoms with Gasteiger partial charge in [-0.05, 0) is 57.9 Å². The first kappa shape index (κ1) is 18.6. The largest absolute Gasteiger partial charge is 0.416 e. The molecule has 2 N–H and O–H groups in total. The predicted molar refractivity (Wildman–Crippen MR) is 87.9 cm³/mol. The van der Waals surface area contributed by atoms with Crippen molar-refractivity contribution in [2.45, 2.75) is 51.4 Å². The van der Waals surface area contributed by atoms with Gasteiger partial charge in [0.1, 0.15) is 0 Å². The van der Waals surface area contributed by atoms with Gasteiger partial charge in [-0.2, -0.15) is 13.2 Å². The molecular formula is C17H24F3N3O. The molecule has 1 aromatic carbocycles. The van der Waals surface area contributed by atoms with Crippen LogP contribution in [0.4, 0.5) is 23.7 Å². The van der Waals surface area contributed by atoms with E-state index in [0.717, 1.165) is 38.1 Å². The normalized spacial score (nSPS) is 17.6. The summed E-state index contributed by atoms with van der Waals surface area (Å²) in [5.41, 5.74) is -0.274. The lowest BCUT2D eigenvalue weighted by atomic mass is 9.98. The van der Waals surface area contributed by atoms with Gasteiger partial charge in [-0.25, -0.2) is 4.79 Å². The Balaban J connectivity index is 1.82. The number of alkyl halides is 3. The number of halogens is 3. The molecule has 0 atom stereocenters. The van der Waals surface area contributed by atoms with E-state index in [0.29, 0.717) is 5.69 Å². The zero-order chi connectivity index (χ0) is 18.0. The van der Waals surface area contributed by atoms with Crippen molar-refractivity contribution in [1.29, 1.82) is 0 Å². The molecule has 1 aliphatic heterocycles. The Morgan fingerprint density at radius 2 is 1.62 bits per heavy atom. The molecule has 0 bridgehead atoms. The minimum Gasteiger partial charge on any atom is -0.335 e. The number of hydrogen-bond acceptors (Lipinski definition) is 2. The Kier molecular flexibility index (Phi) is 5.42. The van der Waals surface area contributed by atoms with Crippen molar-refractivity contribution in [1.82, 2.24) is 10.2 Å². The van der Waals surface area contributed by atoms with Crippen molar-refractivity contribution in [2.24, 2.45) is 0 Å². The first-order valence-electron chi connectivity index (χ1n) is 8.05. The van der Waals surface area contributed by atoms with E-state index < -0.39 is 11.7 Å². The molecule has 0 spiro atoms. The van der Waals surface area contributed by atoms with Crippen molar-refractivity contribution < 1.29 is 18.0 Å². The van der Waals surface area contributed by atoms with Crippen LogP contribution >= 0.6 is 0 Å². The number of benzene rings is 1. The number of amides is 2. The Morgan fingerprint density at radius 3 is 2.08 bits per heavy atom. The number of likely N-dealkylation sites (tertiary alicyclic amines) is 1. The molecule has 2 amide bonds. The van der Waals surface area contributed by atoms with Crippen LogP contribution in [0, 0.1) is 0 Å². The lowest BCUT2D eigenvalue weighted by molar-refractivity contribution is -0.137. The Bertz CT molecular complexity index is 556. The van der Waals surface area contributed by atoms with E-state index in [9.17, 15) is 18.0 Å². The molecule has 2 rings (SSSR count).